The minimum absolute atomic E-state index is 0.292. The lowest BCUT2D eigenvalue weighted by Gasteiger charge is -2.49. The van der Waals surface area contributed by atoms with E-state index in [0.717, 1.165) is 18.9 Å². The highest BCUT2D eigenvalue weighted by atomic mass is 15.2. The number of nitrogens with two attached hydrogens (primary N) is 1. The fraction of sp³-hybridized carbons (Fsp3) is 0.647. The first-order valence-corrected chi connectivity index (χ1v) is 7.56. The average Bonchev–Trinajstić information content (AvgIpc) is 2.41. The molecule has 0 spiro atoms. The SMILES string of the molecule is CC(c1ccccc1)N1CC(CCN)CCC1(C)C. The molecule has 2 rings (SSSR count). The van der Waals surface area contributed by atoms with Gasteiger partial charge in [-0.25, -0.2) is 0 Å². The van der Waals surface area contributed by atoms with Crippen molar-refractivity contribution in [1.29, 1.82) is 0 Å². The lowest BCUT2D eigenvalue weighted by Crippen LogP contribution is -2.51. The standard InChI is InChI=1S/C17H28N2/c1-14(16-7-5-4-6-8-16)19-13-15(10-12-18)9-11-17(19,2)3/h4-8,14-15H,9-13,18H2,1-3H3. The molecule has 0 bridgehead atoms. The first kappa shape index (κ1) is 14.5. The van der Waals surface area contributed by atoms with E-state index >= 15 is 0 Å². The molecule has 0 aromatic heterocycles. The Hall–Kier alpha value is -0.860. The van der Waals surface area contributed by atoms with Crippen molar-refractivity contribution in [3.05, 3.63) is 35.9 Å². The Kier molecular flexibility index (Phi) is 4.64. The van der Waals surface area contributed by atoms with Crippen LogP contribution in [0.2, 0.25) is 0 Å². The first-order chi connectivity index (χ1) is 9.04. The van der Waals surface area contributed by atoms with E-state index in [0.29, 0.717) is 11.6 Å². The van der Waals surface area contributed by atoms with E-state index in [4.69, 9.17) is 5.73 Å². The van der Waals surface area contributed by atoms with Crippen molar-refractivity contribution in [2.75, 3.05) is 13.1 Å². The molecule has 19 heavy (non-hydrogen) atoms. The zero-order chi connectivity index (χ0) is 13.9. The van der Waals surface area contributed by atoms with Gasteiger partial charge in [-0.05, 0) is 58.1 Å². The van der Waals surface area contributed by atoms with Crippen molar-refractivity contribution in [2.24, 2.45) is 11.7 Å². The van der Waals surface area contributed by atoms with Gasteiger partial charge in [0, 0.05) is 18.1 Å². The summed E-state index contributed by atoms with van der Waals surface area (Å²) in [7, 11) is 0. The molecule has 0 aliphatic carbocycles. The minimum atomic E-state index is 0.292. The van der Waals surface area contributed by atoms with Gasteiger partial charge in [0.25, 0.3) is 0 Å². The van der Waals surface area contributed by atoms with Crippen LogP contribution in [-0.2, 0) is 0 Å². The number of benzene rings is 1. The van der Waals surface area contributed by atoms with Gasteiger partial charge in [0.05, 0.1) is 0 Å². The van der Waals surface area contributed by atoms with E-state index in [1.165, 1.54) is 24.9 Å². The Bertz CT molecular complexity index is 386. The molecule has 0 amide bonds. The smallest absolute Gasteiger partial charge is 0.0325 e. The topological polar surface area (TPSA) is 29.3 Å². The van der Waals surface area contributed by atoms with E-state index < -0.39 is 0 Å². The second kappa shape index (κ2) is 6.06. The highest BCUT2D eigenvalue weighted by Gasteiger charge is 2.36. The van der Waals surface area contributed by atoms with E-state index in [2.05, 4.69) is 56.0 Å². The molecule has 2 nitrogen and oxygen atoms in total. The van der Waals surface area contributed by atoms with Crippen LogP contribution in [0.4, 0.5) is 0 Å². The van der Waals surface area contributed by atoms with Crippen molar-refractivity contribution in [2.45, 2.75) is 51.6 Å². The van der Waals surface area contributed by atoms with Gasteiger partial charge in [-0.2, -0.15) is 0 Å². The van der Waals surface area contributed by atoms with Gasteiger partial charge in [-0.3, -0.25) is 4.90 Å². The molecule has 106 valence electrons. The van der Waals surface area contributed by atoms with Gasteiger partial charge in [-0.15, -0.1) is 0 Å². The van der Waals surface area contributed by atoms with E-state index in [1.807, 2.05) is 0 Å². The fourth-order valence-corrected chi connectivity index (χ4v) is 3.38. The third kappa shape index (κ3) is 3.37. The van der Waals surface area contributed by atoms with Crippen molar-refractivity contribution >= 4 is 0 Å². The Labute approximate surface area is 118 Å². The summed E-state index contributed by atoms with van der Waals surface area (Å²) in [6, 6.07) is 11.3. The van der Waals surface area contributed by atoms with Crippen molar-refractivity contribution in [1.82, 2.24) is 4.90 Å². The highest BCUT2D eigenvalue weighted by molar-refractivity contribution is 5.19. The third-order valence-corrected chi connectivity index (χ3v) is 4.72. The second-order valence-electron chi connectivity index (χ2n) is 6.53. The Morgan fingerprint density at radius 1 is 1.32 bits per heavy atom. The molecular formula is C17H28N2. The summed E-state index contributed by atoms with van der Waals surface area (Å²) < 4.78 is 0. The summed E-state index contributed by atoms with van der Waals surface area (Å²) in [6.45, 7) is 9.09. The molecular weight excluding hydrogens is 232 g/mol. The van der Waals surface area contributed by atoms with Crippen LogP contribution in [0, 0.1) is 5.92 Å². The van der Waals surface area contributed by atoms with Crippen LogP contribution in [0.25, 0.3) is 0 Å². The summed E-state index contributed by atoms with van der Waals surface area (Å²) in [5, 5.41) is 0. The Morgan fingerprint density at radius 3 is 2.63 bits per heavy atom. The maximum absolute atomic E-state index is 5.74. The predicted octanol–water partition coefficient (Wildman–Crippen LogP) is 3.59. The molecule has 1 fully saturated rings. The summed E-state index contributed by atoms with van der Waals surface area (Å²) in [5.74, 6) is 0.768. The molecule has 1 saturated heterocycles. The quantitative estimate of drug-likeness (QED) is 0.896. The van der Waals surface area contributed by atoms with Crippen molar-refractivity contribution in [3.63, 3.8) is 0 Å². The highest BCUT2D eigenvalue weighted by Crippen LogP contribution is 2.37. The van der Waals surface area contributed by atoms with Crippen LogP contribution in [0.15, 0.2) is 30.3 Å². The lowest BCUT2D eigenvalue weighted by molar-refractivity contribution is 0.0103. The molecule has 1 aromatic rings. The number of nitrogens with zero attached hydrogens (tertiary/aromatic N) is 1. The normalized spacial score (nSPS) is 25.2. The van der Waals surface area contributed by atoms with Crippen LogP contribution < -0.4 is 5.73 Å². The van der Waals surface area contributed by atoms with E-state index in [1.54, 1.807) is 0 Å². The Balaban J connectivity index is 2.14. The van der Waals surface area contributed by atoms with Crippen molar-refractivity contribution < 1.29 is 0 Å². The molecule has 1 heterocycles. The summed E-state index contributed by atoms with van der Waals surface area (Å²) in [5.41, 5.74) is 7.45. The average molecular weight is 260 g/mol. The maximum Gasteiger partial charge on any atom is 0.0325 e. The number of hydrogen-bond acceptors (Lipinski definition) is 2. The molecule has 1 aromatic carbocycles. The zero-order valence-electron chi connectivity index (χ0n) is 12.6. The molecule has 1 aliphatic heterocycles. The van der Waals surface area contributed by atoms with Gasteiger partial charge in [-0.1, -0.05) is 30.3 Å². The van der Waals surface area contributed by atoms with Gasteiger partial charge in [0.15, 0.2) is 0 Å². The van der Waals surface area contributed by atoms with Crippen molar-refractivity contribution in [3.8, 4) is 0 Å². The summed E-state index contributed by atoms with van der Waals surface area (Å²) in [6.07, 6.45) is 3.76. The maximum atomic E-state index is 5.74. The molecule has 2 N–H and O–H groups in total. The number of likely N-dealkylation sites (tertiary alicyclic amines) is 1. The molecule has 2 atom stereocenters. The third-order valence-electron chi connectivity index (χ3n) is 4.72. The summed E-state index contributed by atoms with van der Waals surface area (Å²) >= 11 is 0. The van der Waals surface area contributed by atoms with Gasteiger partial charge in [0.1, 0.15) is 0 Å². The van der Waals surface area contributed by atoms with Crippen LogP contribution in [0.3, 0.4) is 0 Å². The van der Waals surface area contributed by atoms with Gasteiger partial charge < -0.3 is 5.73 Å². The van der Waals surface area contributed by atoms with Crippen LogP contribution in [0.5, 0.6) is 0 Å². The van der Waals surface area contributed by atoms with E-state index in [9.17, 15) is 0 Å². The summed E-state index contributed by atoms with van der Waals surface area (Å²) in [4.78, 5) is 2.67. The molecule has 1 aliphatic rings. The molecule has 0 radical (unpaired) electrons. The number of hydrogen-bond donors (Lipinski definition) is 1. The zero-order valence-corrected chi connectivity index (χ0v) is 12.6. The monoisotopic (exact) mass is 260 g/mol. The van der Waals surface area contributed by atoms with Crippen LogP contribution in [-0.4, -0.2) is 23.5 Å². The largest absolute Gasteiger partial charge is 0.330 e. The number of rotatable bonds is 4. The molecule has 0 saturated carbocycles. The molecule has 2 unspecified atom stereocenters. The minimum Gasteiger partial charge on any atom is -0.330 e. The van der Waals surface area contributed by atoms with Gasteiger partial charge >= 0.3 is 0 Å². The first-order valence-electron chi connectivity index (χ1n) is 7.56. The Morgan fingerprint density at radius 2 is 2.00 bits per heavy atom. The predicted molar refractivity (Wildman–Crippen MR) is 82.0 cm³/mol. The van der Waals surface area contributed by atoms with E-state index in [-0.39, 0.29) is 0 Å². The molecule has 2 heteroatoms. The second-order valence-corrected chi connectivity index (χ2v) is 6.53. The van der Waals surface area contributed by atoms with Crippen LogP contribution >= 0.6 is 0 Å². The lowest BCUT2D eigenvalue weighted by atomic mass is 9.81. The van der Waals surface area contributed by atoms with Crippen LogP contribution in [0.1, 0.15) is 51.6 Å². The fourth-order valence-electron chi connectivity index (χ4n) is 3.38. The number of piperidine rings is 1. The van der Waals surface area contributed by atoms with Gasteiger partial charge in [0.2, 0.25) is 0 Å².